The molecular formula is C20H15NO2. The molecule has 3 heteroatoms. The zero-order valence-electron chi connectivity index (χ0n) is 12.7. The maximum absolute atomic E-state index is 5.46. The summed E-state index contributed by atoms with van der Waals surface area (Å²) in [6.45, 7) is 0. The van der Waals surface area contributed by atoms with Gasteiger partial charge < -0.3 is 9.26 Å². The van der Waals surface area contributed by atoms with Crippen LogP contribution in [0, 0.1) is 0 Å². The number of nitrogens with zero attached hydrogens (tertiary/aromatic N) is 1. The molecule has 4 rings (SSSR count). The van der Waals surface area contributed by atoms with E-state index in [-0.39, 0.29) is 0 Å². The van der Waals surface area contributed by atoms with Gasteiger partial charge in [-0.15, -0.1) is 0 Å². The normalized spacial score (nSPS) is 10.8. The molecule has 0 aliphatic rings. The van der Waals surface area contributed by atoms with Crippen LogP contribution >= 0.6 is 0 Å². The van der Waals surface area contributed by atoms with E-state index < -0.39 is 0 Å². The average Bonchev–Trinajstić information content (AvgIpc) is 3.06. The first kappa shape index (κ1) is 13.6. The van der Waals surface area contributed by atoms with Crippen molar-refractivity contribution in [3.8, 4) is 28.1 Å². The number of aromatic nitrogens is 1. The lowest BCUT2D eigenvalue weighted by molar-refractivity contribution is 0.415. The van der Waals surface area contributed by atoms with Gasteiger partial charge in [-0.3, -0.25) is 0 Å². The van der Waals surface area contributed by atoms with Crippen molar-refractivity contribution < 1.29 is 9.26 Å². The fraction of sp³-hybridized carbons (Fsp3) is 0.0500. The minimum atomic E-state index is 0.798. The van der Waals surface area contributed by atoms with E-state index in [1.165, 1.54) is 0 Å². The number of ether oxygens (including phenoxy) is 1. The first-order valence-corrected chi connectivity index (χ1v) is 7.45. The predicted octanol–water partition coefficient (Wildman–Crippen LogP) is 5.17. The Hall–Kier alpha value is -3.07. The number of methoxy groups -OCH3 is 1. The maximum Gasteiger partial charge on any atom is 0.167 e. The Labute approximate surface area is 134 Å². The molecule has 0 saturated carbocycles. The monoisotopic (exact) mass is 301 g/mol. The van der Waals surface area contributed by atoms with E-state index in [1.54, 1.807) is 7.11 Å². The van der Waals surface area contributed by atoms with Crippen LogP contribution in [0.5, 0.6) is 5.75 Å². The Bertz CT molecular complexity index is 955. The van der Waals surface area contributed by atoms with Crippen molar-refractivity contribution >= 4 is 11.0 Å². The van der Waals surface area contributed by atoms with Crippen molar-refractivity contribution in [2.75, 3.05) is 7.11 Å². The van der Waals surface area contributed by atoms with Gasteiger partial charge in [0.25, 0.3) is 0 Å². The topological polar surface area (TPSA) is 35.3 Å². The van der Waals surface area contributed by atoms with E-state index in [1.807, 2.05) is 48.5 Å². The summed E-state index contributed by atoms with van der Waals surface area (Å²) in [6.07, 6.45) is 0. The molecule has 0 amide bonds. The van der Waals surface area contributed by atoms with E-state index in [0.717, 1.165) is 39.1 Å². The average molecular weight is 301 g/mol. The number of rotatable bonds is 3. The van der Waals surface area contributed by atoms with Gasteiger partial charge in [0.15, 0.2) is 5.58 Å². The van der Waals surface area contributed by atoms with Crippen molar-refractivity contribution in [2.45, 2.75) is 0 Å². The first-order chi connectivity index (χ1) is 11.4. The molecule has 1 aromatic heterocycles. The van der Waals surface area contributed by atoms with Crippen molar-refractivity contribution in [3.05, 3.63) is 72.8 Å². The smallest absolute Gasteiger partial charge is 0.167 e. The lowest BCUT2D eigenvalue weighted by Gasteiger charge is -2.08. The fourth-order valence-electron chi connectivity index (χ4n) is 2.79. The minimum Gasteiger partial charge on any atom is -0.497 e. The molecule has 4 aromatic rings. The number of benzene rings is 3. The summed E-state index contributed by atoms with van der Waals surface area (Å²) >= 11 is 0. The van der Waals surface area contributed by atoms with Crippen molar-refractivity contribution in [1.29, 1.82) is 0 Å². The second-order valence-electron chi connectivity index (χ2n) is 5.30. The standard InChI is InChI=1S/C20H15NO2/c1-22-15-12-10-14(11-13-15)16-6-2-3-7-17(16)20-18-8-4-5-9-19(18)23-21-20/h2-13H,1H3. The van der Waals surface area contributed by atoms with Crippen LogP contribution in [0.15, 0.2) is 77.3 Å². The third-order valence-corrected chi connectivity index (χ3v) is 3.96. The second kappa shape index (κ2) is 5.61. The first-order valence-electron chi connectivity index (χ1n) is 7.45. The largest absolute Gasteiger partial charge is 0.497 e. The zero-order chi connectivity index (χ0) is 15.6. The van der Waals surface area contributed by atoms with E-state index in [4.69, 9.17) is 9.26 Å². The van der Waals surface area contributed by atoms with E-state index >= 15 is 0 Å². The highest BCUT2D eigenvalue weighted by atomic mass is 16.5. The molecule has 0 radical (unpaired) electrons. The van der Waals surface area contributed by atoms with Crippen LogP contribution in [0.1, 0.15) is 0 Å². The Balaban J connectivity index is 1.90. The molecule has 3 aromatic carbocycles. The Kier molecular flexibility index (Phi) is 3.31. The van der Waals surface area contributed by atoms with Gasteiger partial charge in [0.2, 0.25) is 0 Å². The molecule has 0 aliphatic carbocycles. The summed E-state index contributed by atoms with van der Waals surface area (Å²) in [5, 5.41) is 5.31. The summed E-state index contributed by atoms with van der Waals surface area (Å²) in [5.41, 5.74) is 4.96. The zero-order valence-corrected chi connectivity index (χ0v) is 12.7. The molecule has 23 heavy (non-hydrogen) atoms. The molecule has 112 valence electrons. The molecular weight excluding hydrogens is 286 g/mol. The van der Waals surface area contributed by atoms with E-state index in [9.17, 15) is 0 Å². The highest BCUT2D eigenvalue weighted by Gasteiger charge is 2.14. The van der Waals surface area contributed by atoms with E-state index in [0.29, 0.717) is 0 Å². The third-order valence-electron chi connectivity index (χ3n) is 3.96. The number of para-hydroxylation sites is 1. The molecule has 3 nitrogen and oxygen atoms in total. The quantitative estimate of drug-likeness (QED) is 0.523. The second-order valence-corrected chi connectivity index (χ2v) is 5.30. The van der Waals surface area contributed by atoms with Crippen LogP contribution in [-0.2, 0) is 0 Å². The molecule has 0 saturated heterocycles. The Morgan fingerprint density at radius 3 is 2.26 bits per heavy atom. The summed E-state index contributed by atoms with van der Waals surface area (Å²) < 4.78 is 10.7. The highest BCUT2D eigenvalue weighted by Crippen LogP contribution is 2.35. The van der Waals surface area contributed by atoms with Gasteiger partial charge in [0.05, 0.1) is 7.11 Å². The number of fused-ring (bicyclic) bond motifs is 1. The minimum absolute atomic E-state index is 0.798. The number of hydrogen-bond acceptors (Lipinski definition) is 3. The maximum atomic E-state index is 5.46. The van der Waals surface area contributed by atoms with Crippen LogP contribution in [0.4, 0.5) is 0 Å². The summed E-state index contributed by atoms with van der Waals surface area (Å²) in [4.78, 5) is 0. The van der Waals surface area contributed by atoms with Gasteiger partial charge in [-0.25, -0.2) is 0 Å². The van der Waals surface area contributed by atoms with Crippen LogP contribution in [0.2, 0.25) is 0 Å². The molecule has 0 fully saturated rings. The van der Waals surface area contributed by atoms with Crippen LogP contribution in [-0.4, -0.2) is 12.3 Å². The molecule has 0 bridgehead atoms. The van der Waals surface area contributed by atoms with Gasteiger partial charge >= 0.3 is 0 Å². The summed E-state index contributed by atoms with van der Waals surface area (Å²) in [7, 11) is 1.67. The van der Waals surface area contributed by atoms with Gasteiger partial charge in [0, 0.05) is 10.9 Å². The fourth-order valence-corrected chi connectivity index (χ4v) is 2.79. The molecule has 0 unspecified atom stereocenters. The molecule has 1 heterocycles. The van der Waals surface area contributed by atoms with Gasteiger partial charge in [-0.1, -0.05) is 53.7 Å². The van der Waals surface area contributed by atoms with Crippen LogP contribution in [0.25, 0.3) is 33.4 Å². The van der Waals surface area contributed by atoms with E-state index in [2.05, 4.69) is 29.4 Å². The highest BCUT2D eigenvalue weighted by molar-refractivity contribution is 5.96. The molecule has 0 spiro atoms. The molecule has 0 N–H and O–H groups in total. The molecule has 0 aliphatic heterocycles. The van der Waals surface area contributed by atoms with Crippen LogP contribution < -0.4 is 4.74 Å². The Morgan fingerprint density at radius 1 is 0.783 bits per heavy atom. The lowest BCUT2D eigenvalue weighted by atomic mass is 9.96. The number of hydrogen-bond donors (Lipinski definition) is 0. The third kappa shape index (κ3) is 2.36. The SMILES string of the molecule is COc1ccc(-c2ccccc2-c2noc3ccccc23)cc1. The van der Waals surface area contributed by atoms with Crippen LogP contribution in [0.3, 0.4) is 0 Å². The van der Waals surface area contributed by atoms with Gasteiger partial charge in [0.1, 0.15) is 11.4 Å². The lowest BCUT2D eigenvalue weighted by Crippen LogP contribution is -1.87. The summed E-state index contributed by atoms with van der Waals surface area (Å²) in [5.74, 6) is 0.845. The summed E-state index contributed by atoms with van der Waals surface area (Å²) in [6, 6.07) is 24.2. The Morgan fingerprint density at radius 2 is 1.48 bits per heavy atom. The van der Waals surface area contributed by atoms with Crippen molar-refractivity contribution in [2.24, 2.45) is 0 Å². The van der Waals surface area contributed by atoms with Crippen molar-refractivity contribution in [3.63, 3.8) is 0 Å². The molecule has 0 atom stereocenters. The van der Waals surface area contributed by atoms with Gasteiger partial charge in [-0.05, 0) is 35.4 Å². The van der Waals surface area contributed by atoms with Gasteiger partial charge in [-0.2, -0.15) is 0 Å². The van der Waals surface area contributed by atoms with Crippen molar-refractivity contribution in [1.82, 2.24) is 5.16 Å². The predicted molar refractivity (Wildman–Crippen MR) is 91.4 cm³/mol.